The average molecular weight is 949 g/mol. The lowest BCUT2D eigenvalue weighted by Gasteiger charge is -2.28. The maximum Gasteiger partial charge on any atom is 0.422 e. The zero-order valence-electron chi connectivity index (χ0n) is 33.7. The third kappa shape index (κ3) is 6.83. The first kappa shape index (κ1) is 43.9. The van der Waals surface area contributed by atoms with Crippen LogP contribution in [0.3, 0.4) is 0 Å². The summed E-state index contributed by atoms with van der Waals surface area (Å²) in [5, 5.41) is 1.75. The number of hydrogen-bond donors (Lipinski definition) is 0. The molecule has 2 heterocycles. The molecule has 0 unspecified atom stereocenters. The van der Waals surface area contributed by atoms with Gasteiger partial charge in [-0.15, -0.1) is 0 Å². The van der Waals surface area contributed by atoms with Crippen molar-refractivity contribution in [1.82, 2.24) is 0 Å². The number of furan rings is 2. The molecule has 0 aliphatic heterocycles. The lowest BCUT2D eigenvalue weighted by Crippen LogP contribution is -2.21. The topological polar surface area (TPSA) is 32.8 Å². The fourth-order valence-corrected chi connectivity index (χ4v) is 8.33. The smallest absolute Gasteiger partial charge is 0.422 e. The van der Waals surface area contributed by atoms with E-state index >= 15 is 35.1 Å². The van der Waals surface area contributed by atoms with E-state index in [0.29, 0.717) is 31.3 Å². The van der Waals surface area contributed by atoms with Crippen LogP contribution in [0.4, 0.5) is 95.6 Å². The lowest BCUT2D eigenvalue weighted by molar-refractivity contribution is -0.144. The molecule has 0 aliphatic carbocycles. The number of rotatable bonds is 7. The molecule has 0 N–H and O–H groups in total. The molecule has 0 saturated carbocycles. The van der Waals surface area contributed by atoms with Crippen molar-refractivity contribution in [3.8, 4) is 11.1 Å². The SMILES string of the molecule is Fc1c(F)c(C(F)(F)F)c(F)c(F)c1N(c1ccc(-c2ccc(N(c3c(F)c(F)c(C(F)(F)F)c(F)c3F)c3cccc4c3oc3ccccc34)cc2)cc1)c1cccc2c1oc1ccccc12. The molecule has 18 heteroatoms. The Labute approximate surface area is 372 Å². The molecule has 0 fully saturated rings. The molecule has 10 rings (SSSR count). The molecule has 2 aromatic heterocycles. The minimum Gasteiger partial charge on any atom is -0.454 e. The van der Waals surface area contributed by atoms with Crippen molar-refractivity contribution in [1.29, 1.82) is 0 Å². The average Bonchev–Trinajstić information content (AvgIpc) is 3.89. The molecule has 10 aromatic rings. The Bertz CT molecular complexity index is 3350. The van der Waals surface area contributed by atoms with Crippen molar-refractivity contribution in [3.63, 3.8) is 0 Å². The monoisotopic (exact) mass is 948 g/mol. The standard InChI is InChI=1S/C50H22F14N2O2/c51-37-35(49(59,60)61)38(52)42(56)45(41(37)55)65(31-11-5-9-29-27-7-1-3-13-33(27)67-47(29)31)25-19-15-23(16-20-25)24-17-21-26(22-18-24)66(46-43(57)39(53)36(50(62,63)64)40(54)44(46)58)32-12-6-10-30-28-8-2-4-14-34(28)68-48(30)32/h1-22H. The van der Waals surface area contributed by atoms with Crippen molar-refractivity contribution in [2.24, 2.45) is 0 Å². The van der Waals surface area contributed by atoms with Crippen molar-refractivity contribution in [2.45, 2.75) is 12.4 Å². The highest BCUT2D eigenvalue weighted by Gasteiger charge is 2.45. The van der Waals surface area contributed by atoms with Gasteiger partial charge in [0.25, 0.3) is 0 Å². The normalized spacial score (nSPS) is 12.3. The van der Waals surface area contributed by atoms with Crippen molar-refractivity contribution in [3.05, 3.63) is 191 Å². The van der Waals surface area contributed by atoms with Crippen molar-refractivity contribution < 1.29 is 70.3 Å². The first-order valence-corrected chi connectivity index (χ1v) is 19.8. The zero-order valence-corrected chi connectivity index (χ0v) is 33.7. The Balaban J connectivity index is 1.11. The molecule has 342 valence electrons. The highest BCUT2D eigenvalue weighted by Crippen LogP contribution is 2.50. The highest BCUT2D eigenvalue weighted by molar-refractivity contribution is 6.11. The van der Waals surface area contributed by atoms with E-state index in [1.54, 1.807) is 60.7 Å². The summed E-state index contributed by atoms with van der Waals surface area (Å²) in [6, 6.07) is 31.6. The van der Waals surface area contributed by atoms with Crippen LogP contribution in [0.5, 0.6) is 0 Å². The molecule has 0 radical (unpaired) electrons. The summed E-state index contributed by atoms with van der Waals surface area (Å²) in [5.41, 5.74) is -8.75. The number of benzene rings is 8. The highest BCUT2D eigenvalue weighted by atomic mass is 19.4. The number of anilines is 6. The summed E-state index contributed by atoms with van der Waals surface area (Å²) in [4.78, 5) is 1.27. The molecule has 0 bridgehead atoms. The molecule has 8 aromatic carbocycles. The van der Waals surface area contributed by atoms with Crippen LogP contribution in [-0.4, -0.2) is 0 Å². The van der Waals surface area contributed by atoms with E-state index in [-0.39, 0.29) is 56.2 Å². The van der Waals surface area contributed by atoms with E-state index in [1.807, 2.05) is 0 Å². The second kappa shape index (κ2) is 15.8. The van der Waals surface area contributed by atoms with Gasteiger partial charge in [0.2, 0.25) is 0 Å². The summed E-state index contributed by atoms with van der Waals surface area (Å²) >= 11 is 0. The Kier molecular flexibility index (Phi) is 10.2. The molecule has 68 heavy (non-hydrogen) atoms. The summed E-state index contributed by atoms with van der Waals surface area (Å²) in [6.45, 7) is 0. The van der Waals surface area contributed by atoms with Gasteiger partial charge in [-0.1, -0.05) is 84.9 Å². The van der Waals surface area contributed by atoms with Gasteiger partial charge in [0.15, 0.2) is 57.7 Å². The summed E-state index contributed by atoms with van der Waals surface area (Å²) in [5.74, 6) is -20.4. The Hall–Kier alpha value is -8.02. The van der Waals surface area contributed by atoms with Crippen LogP contribution in [0.2, 0.25) is 0 Å². The zero-order chi connectivity index (χ0) is 48.1. The van der Waals surface area contributed by atoms with E-state index < -0.39 is 81.4 Å². The van der Waals surface area contributed by atoms with Gasteiger partial charge in [-0.2, -0.15) is 26.3 Å². The molecule has 0 saturated heterocycles. The summed E-state index contributed by atoms with van der Waals surface area (Å²) in [7, 11) is 0. The molecule has 0 aliphatic rings. The fourth-order valence-electron chi connectivity index (χ4n) is 8.33. The van der Waals surface area contributed by atoms with Gasteiger partial charge in [0.05, 0.1) is 11.4 Å². The Morgan fingerprint density at radius 2 is 0.632 bits per heavy atom. The summed E-state index contributed by atoms with van der Waals surface area (Å²) in [6.07, 6.45) is -11.7. The van der Waals surface area contributed by atoms with Gasteiger partial charge in [0, 0.05) is 32.9 Å². The Morgan fingerprint density at radius 1 is 0.324 bits per heavy atom. The van der Waals surface area contributed by atoms with Crippen LogP contribution >= 0.6 is 0 Å². The number of halogens is 14. The molecular formula is C50H22F14N2O2. The second-order valence-electron chi connectivity index (χ2n) is 15.2. The predicted molar refractivity (Wildman–Crippen MR) is 225 cm³/mol. The second-order valence-corrected chi connectivity index (χ2v) is 15.2. The van der Waals surface area contributed by atoms with Crippen LogP contribution in [0.15, 0.2) is 142 Å². The number of nitrogens with zero attached hydrogens (tertiary/aromatic N) is 2. The Morgan fingerprint density at radius 3 is 0.956 bits per heavy atom. The largest absolute Gasteiger partial charge is 0.454 e. The molecule has 0 amide bonds. The van der Waals surface area contributed by atoms with Gasteiger partial charge in [-0.05, 0) is 59.7 Å². The lowest BCUT2D eigenvalue weighted by atomic mass is 10.0. The minimum absolute atomic E-state index is 0.0727. The summed E-state index contributed by atoms with van der Waals surface area (Å²) < 4.78 is 219. The maximum atomic E-state index is 16.0. The molecule has 0 spiro atoms. The van der Waals surface area contributed by atoms with E-state index in [4.69, 9.17) is 8.83 Å². The quantitative estimate of drug-likeness (QED) is 0.118. The van der Waals surface area contributed by atoms with Crippen LogP contribution in [-0.2, 0) is 12.4 Å². The van der Waals surface area contributed by atoms with E-state index in [2.05, 4.69) is 0 Å². The van der Waals surface area contributed by atoms with Gasteiger partial charge < -0.3 is 18.6 Å². The first-order valence-electron chi connectivity index (χ1n) is 19.8. The van der Waals surface area contributed by atoms with Crippen LogP contribution in [0.1, 0.15) is 11.1 Å². The van der Waals surface area contributed by atoms with Crippen LogP contribution in [0, 0.1) is 46.5 Å². The number of fused-ring (bicyclic) bond motifs is 6. The van der Waals surface area contributed by atoms with Gasteiger partial charge in [-0.25, -0.2) is 35.1 Å². The predicted octanol–water partition coefficient (Wildman–Crippen LogP) is 17.2. The van der Waals surface area contributed by atoms with Gasteiger partial charge >= 0.3 is 12.4 Å². The number of alkyl halides is 6. The van der Waals surface area contributed by atoms with Crippen molar-refractivity contribution in [2.75, 3.05) is 9.80 Å². The number of para-hydroxylation sites is 4. The first-order chi connectivity index (χ1) is 32.4. The van der Waals surface area contributed by atoms with E-state index in [9.17, 15) is 26.3 Å². The van der Waals surface area contributed by atoms with E-state index in [1.165, 1.54) is 72.8 Å². The minimum atomic E-state index is -5.83. The molecule has 4 nitrogen and oxygen atoms in total. The fraction of sp³-hybridized carbons (Fsp3) is 0.0400. The van der Waals surface area contributed by atoms with Crippen molar-refractivity contribution >= 4 is 78.0 Å². The van der Waals surface area contributed by atoms with E-state index in [0.717, 1.165) is 0 Å². The van der Waals surface area contributed by atoms with Crippen LogP contribution < -0.4 is 9.80 Å². The van der Waals surface area contributed by atoms with Gasteiger partial charge in [-0.3, -0.25) is 0 Å². The van der Waals surface area contributed by atoms with Gasteiger partial charge in [0.1, 0.15) is 33.7 Å². The van der Waals surface area contributed by atoms with Crippen LogP contribution in [0.25, 0.3) is 55.0 Å². The third-order valence-corrected chi connectivity index (χ3v) is 11.3. The molecular weight excluding hydrogens is 927 g/mol. The maximum absolute atomic E-state index is 16.0. The number of hydrogen-bond acceptors (Lipinski definition) is 4. The molecule has 0 atom stereocenters. The third-order valence-electron chi connectivity index (χ3n) is 11.3.